The molecule has 0 atom stereocenters. The number of hydrogen-bond donors (Lipinski definition) is 1. The molecule has 0 aliphatic heterocycles. The molecular formula is C12H11N3O3. The predicted molar refractivity (Wildman–Crippen MR) is 66.1 cm³/mol. The minimum absolute atomic E-state index is 0.0506. The van der Waals surface area contributed by atoms with Gasteiger partial charge in [-0.3, -0.25) is 15.1 Å². The Balaban J connectivity index is 2.14. The maximum absolute atomic E-state index is 10.6. The molecule has 18 heavy (non-hydrogen) atoms. The largest absolute Gasteiger partial charge is 0.486 e. The zero-order valence-electron chi connectivity index (χ0n) is 9.45. The van der Waals surface area contributed by atoms with Crippen LogP contribution in [0.4, 0.5) is 11.4 Å². The van der Waals surface area contributed by atoms with Gasteiger partial charge < -0.3 is 10.5 Å². The lowest BCUT2D eigenvalue weighted by Crippen LogP contribution is -2.00. The van der Waals surface area contributed by atoms with Gasteiger partial charge in [0.25, 0.3) is 5.69 Å². The first-order valence-corrected chi connectivity index (χ1v) is 5.22. The molecule has 0 fully saturated rings. The molecule has 0 aliphatic rings. The molecule has 2 aromatic rings. The average molecular weight is 245 g/mol. The van der Waals surface area contributed by atoms with Crippen molar-refractivity contribution < 1.29 is 9.66 Å². The summed E-state index contributed by atoms with van der Waals surface area (Å²) in [6.07, 6.45) is 3.32. The third-order valence-electron chi connectivity index (χ3n) is 2.33. The fourth-order valence-electron chi connectivity index (χ4n) is 1.41. The van der Waals surface area contributed by atoms with Gasteiger partial charge in [0.15, 0.2) is 0 Å². The number of pyridine rings is 1. The molecule has 1 aromatic carbocycles. The van der Waals surface area contributed by atoms with Crippen molar-refractivity contribution in [2.45, 2.75) is 6.61 Å². The lowest BCUT2D eigenvalue weighted by Gasteiger charge is -2.08. The van der Waals surface area contributed by atoms with E-state index in [1.165, 1.54) is 18.2 Å². The summed E-state index contributed by atoms with van der Waals surface area (Å²) in [6, 6.07) is 7.74. The minimum atomic E-state index is -0.490. The van der Waals surface area contributed by atoms with Crippen molar-refractivity contribution in [3.8, 4) is 5.75 Å². The van der Waals surface area contributed by atoms with E-state index >= 15 is 0 Å². The molecule has 92 valence electrons. The molecule has 0 bridgehead atoms. The summed E-state index contributed by atoms with van der Waals surface area (Å²) in [5.74, 6) is 0.299. The number of anilines is 1. The summed E-state index contributed by atoms with van der Waals surface area (Å²) in [4.78, 5) is 14.1. The molecule has 6 nitrogen and oxygen atoms in total. The number of nitrogen functional groups attached to an aromatic ring is 1. The molecule has 0 amide bonds. The zero-order chi connectivity index (χ0) is 13.0. The van der Waals surface area contributed by atoms with Gasteiger partial charge in [-0.25, -0.2) is 0 Å². The maximum atomic E-state index is 10.6. The maximum Gasteiger partial charge on any atom is 0.273 e. The number of ether oxygens (including phenoxy) is 1. The van der Waals surface area contributed by atoms with Gasteiger partial charge in [0.1, 0.15) is 12.4 Å². The zero-order valence-corrected chi connectivity index (χ0v) is 9.45. The van der Waals surface area contributed by atoms with Crippen LogP contribution >= 0.6 is 0 Å². The van der Waals surface area contributed by atoms with Gasteiger partial charge in [-0.2, -0.15) is 0 Å². The Kier molecular flexibility index (Phi) is 3.38. The first kappa shape index (κ1) is 11.8. The molecule has 2 N–H and O–H groups in total. The van der Waals surface area contributed by atoms with Gasteiger partial charge in [0.05, 0.1) is 16.7 Å². The molecule has 0 aliphatic carbocycles. The van der Waals surface area contributed by atoms with Crippen molar-refractivity contribution in [3.63, 3.8) is 0 Å². The Hall–Kier alpha value is -2.63. The number of rotatable bonds is 4. The topological polar surface area (TPSA) is 91.3 Å². The fraction of sp³-hybridized carbons (Fsp3) is 0.0833. The molecular weight excluding hydrogens is 234 g/mol. The molecule has 2 rings (SSSR count). The van der Waals surface area contributed by atoms with E-state index in [4.69, 9.17) is 10.5 Å². The van der Waals surface area contributed by atoms with Crippen molar-refractivity contribution in [2.75, 3.05) is 5.73 Å². The Morgan fingerprint density at radius 1 is 1.39 bits per heavy atom. The van der Waals surface area contributed by atoms with E-state index < -0.39 is 4.92 Å². The predicted octanol–water partition coefficient (Wildman–Crippen LogP) is 2.15. The second-order valence-electron chi connectivity index (χ2n) is 3.63. The number of non-ortho nitro benzene ring substituents is 1. The van der Waals surface area contributed by atoms with Crippen LogP contribution in [0, 0.1) is 10.1 Å². The highest BCUT2D eigenvalue weighted by atomic mass is 16.6. The van der Waals surface area contributed by atoms with Crippen LogP contribution in [0.25, 0.3) is 0 Å². The molecule has 0 spiro atoms. The quantitative estimate of drug-likeness (QED) is 0.506. The molecule has 0 radical (unpaired) electrons. The lowest BCUT2D eigenvalue weighted by molar-refractivity contribution is -0.384. The second kappa shape index (κ2) is 5.13. The number of hydrogen-bond acceptors (Lipinski definition) is 5. The first-order chi connectivity index (χ1) is 8.66. The second-order valence-corrected chi connectivity index (χ2v) is 3.63. The van der Waals surface area contributed by atoms with E-state index in [-0.39, 0.29) is 12.3 Å². The third-order valence-corrected chi connectivity index (χ3v) is 2.33. The smallest absolute Gasteiger partial charge is 0.273 e. The summed E-state index contributed by atoms with van der Waals surface area (Å²) < 4.78 is 5.44. The Bertz CT molecular complexity index is 558. The van der Waals surface area contributed by atoms with E-state index in [2.05, 4.69) is 4.98 Å². The normalized spacial score (nSPS) is 10.0. The molecule has 6 heteroatoms. The van der Waals surface area contributed by atoms with E-state index in [0.717, 1.165) is 5.56 Å². The summed E-state index contributed by atoms with van der Waals surface area (Å²) in [5.41, 5.74) is 6.87. The SMILES string of the molecule is Nc1ccc([N+](=O)[O-])cc1OCc1cccnc1. The van der Waals surface area contributed by atoms with E-state index in [1.807, 2.05) is 6.07 Å². The molecule has 1 heterocycles. The van der Waals surface area contributed by atoms with Crippen LogP contribution < -0.4 is 10.5 Å². The van der Waals surface area contributed by atoms with Gasteiger partial charge in [-0.1, -0.05) is 6.07 Å². The number of benzene rings is 1. The van der Waals surface area contributed by atoms with Crippen LogP contribution in [0.1, 0.15) is 5.56 Å². The summed E-state index contributed by atoms with van der Waals surface area (Å²) in [7, 11) is 0. The monoisotopic (exact) mass is 245 g/mol. The van der Waals surface area contributed by atoms with E-state index in [9.17, 15) is 10.1 Å². The number of aromatic nitrogens is 1. The van der Waals surface area contributed by atoms with Crippen LogP contribution in [0.2, 0.25) is 0 Å². The van der Waals surface area contributed by atoms with Gasteiger partial charge in [0, 0.05) is 24.0 Å². The summed E-state index contributed by atoms with van der Waals surface area (Å²) in [6.45, 7) is 0.263. The third kappa shape index (κ3) is 2.73. The Labute approximate surface area is 103 Å². The van der Waals surface area contributed by atoms with Crippen molar-refractivity contribution in [3.05, 3.63) is 58.4 Å². The van der Waals surface area contributed by atoms with E-state index in [0.29, 0.717) is 11.4 Å². The van der Waals surface area contributed by atoms with Crippen LogP contribution in [-0.2, 0) is 6.61 Å². The first-order valence-electron chi connectivity index (χ1n) is 5.22. The van der Waals surface area contributed by atoms with Crippen molar-refractivity contribution >= 4 is 11.4 Å². The van der Waals surface area contributed by atoms with Gasteiger partial charge in [-0.15, -0.1) is 0 Å². The lowest BCUT2D eigenvalue weighted by atomic mass is 10.2. The van der Waals surface area contributed by atoms with Crippen molar-refractivity contribution in [1.82, 2.24) is 4.98 Å². The Morgan fingerprint density at radius 3 is 2.89 bits per heavy atom. The number of nitrogens with zero attached hydrogens (tertiary/aromatic N) is 2. The van der Waals surface area contributed by atoms with E-state index in [1.54, 1.807) is 18.5 Å². The summed E-state index contributed by atoms with van der Waals surface area (Å²) >= 11 is 0. The number of nitrogens with two attached hydrogens (primary N) is 1. The Morgan fingerprint density at radius 2 is 2.22 bits per heavy atom. The standard InChI is InChI=1S/C12H11N3O3/c13-11-4-3-10(15(16)17)6-12(11)18-8-9-2-1-5-14-7-9/h1-7H,8,13H2. The molecule has 1 aromatic heterocycles. The van der Waals surface area contributed by atoms with Gasteiger partial charge in [-0.05, 0) is 12.1 Å². The molecule has 0 saturated carbocycles. The molecule has 0 unspecified atom stereocenters. The van der Waals surface area contributed by atoms with Crippen LogP contribution in [0.3, 0.4) is 0 Å². The fourth-order valence-corrected chi connectivity index (χ4v) is 1.41. The van der Waals surface area contributed by atoms with Crippen LogP contribution in [0.15, 0.2) is 42.7 Å². The van der Waals surface area contributed by atoms with Gasteiger partial charge in [0.2, 0.25) is 0 Å². The summed E-state index contributed by atoms with van der Waals surface area (Å²) in [5, 5.41) is 10.6. The number of nitro benzene ring substituents is 1. The average Bonchev–Trinajstić information content (AvgIpc) is 2.38. The van der Waals surface area contributed by atoms with Crippen molar-refractivity contribution in [2.24, 2.45) is 0 Å². The van der Waals surface area contributed by atoms with Gasteiger partial charge >= 0.3 is 0 Å². The van der Waals surface area contributed by atoms with Crippen LogP contribution in [0.5, 0.6) is 5.75 Å². The van der Waals surface area contributed by atoms with Crippen molar-refractivity contribution in [1.29, 1.82) is 0 Å². The highest BCUT2D eigenvalue weighted by Gasteiger charge is 2.10. The molecule has 0 saturated heterocycles. The number of nitro groups is 1. The van der Waals surface area contributed by atoms with Crippen LogP contribution in [-0.4, -0.2) is 9.91 Å². The highest BCUT2D eigenvalue weighted by molar-refractivity contribution is 5.57. The minimum Gasteiger partial charge on any atom is -0.486 e. The highest BCUT2D eigenvalue weighted by Crippen LogP contribution is 2.27.